The Morgan fingerprint density at radius 1 is 0.622 bits per heavy atom. The molecule has 0 aromatic heterocycles. The lowest BCUT2D eigenvalue weighted by Crippen LogP contribution is -2.50. The summed E-state index contributed by atoms with van der Waals surface area (Å²) in [7, 11) is 0. The van der Waals surface area contributed by atoms with E-state index in [4.69, 9.17) is 4.74 Å². The van der Waals surface area contributed by atoms with Crippen molar-refractivity contribution in [1.29, 1.82) is 0 Å². The minimum atomic E-state index is -1.16. The maximum absolute atomic E-state index is 13.0. The number of carboxylic acids is 4. The molecule has 0 bridgehead atoms. The molecule has 0 spiro atoms. The zero-order chi connectivity index (χ0) is 27.8. The number of aliphatic carboxylic acids is 4. The van der Waals surface area contributed by atoms with E-state index in [9.17, 15) is 44.4 Å². The number of ether oxygens (including phenoxy) is 1. The third-order valence-corrected chi connectivity index (χ3v) is 5.75. The summed E-state index contributed by atoms with van der Waals surface area (Å²) >= 11 is 0. The van der Waals surface area contributed by atoms with Crippen molar-refractivity contribution in [2.75, 3.05) is 105 Å². The van der Waals surface area contributed by atoms with Gasteiger partial charge in [-0.3, -0.25) is 43.6 Å². The lowest BCUT2D eigenvalue weighted by Gasteiger charge is -2.33. The second-order valence-corrected chi connectivity index (χ2v) is 8.69. The number of carboxylic acid groups (broad SMARTS) is 4. The third kappa shape index (κ3) is 15.1. The molecule has 1 saturated heterocycles. The van der Waals surface area contributed by atoms with E-state index in [1.807, 2.05) is 0 Å². The summed E-state index contributed by atoms with van der Waals surface area (Å²) in [6, 6.07) is 0. The average molecular weight is 534 g/mol. The van der Waals surface area contributed by atoms with Crippen LogP contribution in [0.25, 0.3) is 0 Å². The van der Waals surface area contributed by atoms with Crippen molar-refractivity contribution < 1.29 is 49.1 Å². The molecule has 1 aliphatic rings. The highest BCUT2D eigenvalue weighted by Crippen LogP contribution is 2.03. The van der Waals surface area contributed by atoms with Crippen LogP contribution < -0.4 is 0 Å². The first kappa shape index (κ1) is 32.2. The van der Waals surface area contributed by atoms with E-state index < -0.39 is 36.3 Å². The van der Waals surface area contributed by atoms with Gasteiger partial charge in [0.25, 0.3) is 0 Å². The summed E-state index contributed by atoms with van der Waals surface area (Å²) in [5.41, 5.74) is 0. The summed E-state index contributed by atoms with van der Waals surface area (Å²) in [4.78, 5) is 66.1. The molecule has 1 rings (SSSR count). The highest BCUT2D eigenvalue weighted by Gasteiger charge is 2.23. The van der Waals surface area contributed by atoms with Gasteiger partial charge < -0.3 is 30.1 Å². The highest BCUT2D eigenvalue weighted by atomic mass is 16.5. The standard InChI is InChI=1S/C22H39N5O10/c1-2-37-12-11-27(17-22(35)36)18(28)13-23-3-5-24(14-19(29)30)7-9-26(16-21(33)34)10-8-25(6-4-23)15-20(31)32/h2-17H2,1H3,(H,29,30)(H,31,32)(H,33,34)(H,35,36). The zero-order valence-electron chi connectivity index (χ0n) is 21.3. The summed E-state index contributed by atoms with van der Waals surface area (Å²) in [6.07, 6.45) is 0. The molecule has 15 nitrogen and oxygen atoms in total. The van der Waals surface area contributed by atoms with Crippen molar-refractivity contribution in [3.8, 4) is 0 Å². The van der Waals surface area contributed by atoms with E-state index in [-0.39, 0.29) is 91.7 Å². The molecule has 0 aromatic rings. The minimum Gasteiger partial charge on any atom is -0.480 e. The number of carbonyl (C=O) groups is 5. The lowest BCUT2D eigenvalue weighted by molar-refractivity contribution is -0.145. The van der Waals surface area contributed by atoms with Crippen molar-refractivity contribution in [1.82, 2.24) is 24.5 Å². The van der Waals surface area contributed by atoms with Gasteiger partial charge in [0.1, 0.15) is 6.54 Å². The maximum atomic E-state index is 13.0. The topological polar surface area (TPSA) is 192 Å². The molecule has 0 aromatic carbocycles. The van der Waals surface area contributed by atoms with Gasteiger partial charge in [0.05, 0.1) is 32.8 Å². The van der Waals surface area contributed by atoms with Crippen LogP contribution in [0.2, 0.25) is 0 Å². The van der Waals surface area contributed by atoms with E-state index in [2.05, 4.69) is 0 Å². The Balaban J connectivity index is 3.04. The summed E-state index contributed by atoms with van der Waals surface area (Å²) in [5, 5.41) is 37.0. The van der Waals surface area contributed by atoms with Crippen LogP contribution in [0.4, 0.5) is 0 Å². The monoisotopic (exact) mass is 533 g/mol. The predicted molar refractivity (Wildman–Crippen MR) is 129 cm³/mol. The van der Waals surface area contributed by atoms with E-state index in [1.54, 1.807) is 26.5 Å². The first-order chi connectivity index (χ1) is 17.5. The van der Waals surface area contributed by atoms with Crippen LogP contribution in [0.1, 0.15) is 6.92 Å². The molecule has 0 saturated carbocycles. The minimum absolute atomic E-state index is 0.0997. The first-order valence-electron chi connectivity index (χ1n) is 12.1. The molecule has 4 N–H and O–H groups in total. The number of hydrogen-bond donors (Lipinski definition) is 4. The van der Waals surface area contributed by atoms with E-state index in [0.29, 0.717) is 6.61 Å². The predicted octanol–water partition coefficient (Wildman–Crippen LogP) is -2.59. The number of rotatable bonds is 14. The van der Waals surface area contributed by atoms with Crippen LogP contribution in [0.5, 0.6) is 0 Å². The highest BCUT2D eigenvalue weighted by molar-refractivity contribution is 5.82. The molecule has 1 amide bonds. The smallest absolute Gasteiger partial charge is 0.323 e. The Labute approximate surface area is 215 Å². The normalized spacial score (nSPS) is 17.4. The van der Waals surface area contributed by atoms with Crippen LogP contribution in [-0.2, 0) is 28.7 Å². The van der Waals surface area contributed by atoms with Crippen molar-refractivity contribution in [2.45, 2.75) is 6.92 Å². The molecule has 0 unspecified atom stereocenters. The Morgan fingerprint density at radius 3 is 1.27 bits per heavy atom. The number of nitrogens with zero attached hydrogens (tertiary/aromatic N) is 5. The number of carbonyl (C=O) groups excluding carboxylic acids is 1. The largest absolute Gasteiger partial charge is 0.480 e. The molecule has 15 heteroatoms. The van der Waals surface area contributed by atoms with Crippen molar-refractivity contribution in [3.63, 3.8) is 0 Å². The molecule has 0 atom stereocenters. The van der Waals surface area contributed by atoms with E-state index in [0.717, 1.165) is 0 Å². The maximum Gasteiger partial charge on any atom is 0.323 e. The van der Waals surface area contributed by atoms with Crippen molar-refractivity contribution >= 4 is 29.8 Å². The van der Waals surface area contributed by atoms with Crippen LogP contribution >= 0.6 is 0 Å². The summed E-state index contributed by atoms with van der Waals surface area (Å²) in [5.74, 6) is -4.73. The first-order valence-corrected chi connectivity index (χ1v) is 12.1. The Morgan fingerprint density at radius 2 is 0.973 bits per heavy atom. The fraction of sp³-hybridized carbons (Fsp3) is 0.773. The fourth-order valence-corrected chi connectivity index (χ4v) is 3.85. The van der Waals surface area contributed by atoms with Crippen LogP contribution in [0.3, 0.4) is 0 Å². The molecular formula is C22H39N5O10. The number of amides is 1. The van der Waals surface area contributed by atoms with E-state index in [1.165, 1.54) is 4.90 Å². The van der Waals surface area contributed by atoms with Gasteiger partial charge >= 0.3 is 23.9 Å². The van der Waals surface area contributed by atoms with Gasteiger partial charge in [-0.25, -0.2) is 0 Å². The molecule has 1 aliphatic heterocycles. The Bertz CT molecular complexity index is 736. The van der Waals surface area contributed by atoms with Gasteiger partial charge in [-0.05, 0) is 6.92 Å². The van der Waals surface area contributed by atoms with Crippen LogP contribution in [0, 0.1) is 0 Å². The van der Waals surface area contributed by atoms with Gasteiger partial charge in [-0.1, -0.05) is 0 Å². The van der Waals surface area contributed by atoms with Crippen molar-refractivity contribution in [2.24, 2.45) is 0 Å². The van der Waals surface area contributed by atoms with Gasteiger partial charge in [-0.2, -0.15) is 0 Å². The second-order valence-electron chi connectivity index (χ2n) is 8.69. The summed E-state index contributed by atoms with van der Waals surface area (Å²) < 4.78 is 5.25. The van der Waals surface area contributed by atoms with Crippen LogP contribution in [-0.4, -0.2) is 180 Å². The third-order valence-electron chi connectivity index (χ3n) is 5.75. The average Bonchev–Trinajstić information content (AvgIpc) is 2.78. The molecule has 0 aliphatic carbocycles. The Kier molecular flexibility index (Phi) is 15.3. The van der Waals surface area contributed by atoms with Crippen molar-refractivity contribution in [3.05, 3.63) is 0 Å². The number of hydrogen-bond acceptors (Lipinski definition) is 10. The Hall–Kier alpha value is -2.85. The quantitative estimate of drug-likeness (QED) is 0.170. The molecule has 1 fully saturated rings. The lowest BCUT2D eigenvalue weighted by atomic mass is 10.3. The van der Waals surface area contributed by atoms with Gasteiger partial charge in [0.2, 0.25) is 5.91 Å². The molecule has 212 valence electrons. The second kappa shape index (κ2) is 17.6. The van der Waals surface area contributed by atoms with Gasteiger partial charge in [0.15, 0.2) is 0 Å². The van der Waals surface area contributed by atoms with Gasteiger partial charge in [-0.15, -0.1) is 0 Å². The van der Waals surface area contributed by atoms with Gasteiger partial charge in [0, 0.05) is 65.5 Å². The van der Waals surface area contributed by atoms with Crippen LogP contribution in [0.15, 0.2) is 0 Å². The molecular weight excluding hydrogens is 494 g/mol. The molecule has 1 heterocycles. The molecule has 0 radical (unpaired) electrons. The van der Waals surface area contributed by atoms with E-state index >= 15 is 0 Å². The SMILES string of the molecule is CCOCCN(CC(=O)O)C(=O)CN1CCN(CC(=O)O)CCN(CC(=O)O)CCN(CC(=O)O)CC1. The summed E-state index contributed by atoms with van der Waals surface area (Å²) in [6.45, 7) is 3.18. The zero-order valence-corrected chi connectivity index (χ0v) is 21.3. The fourth-order valence-electron chi connectivity index (χ4n) is 3.85. The molecule has 37 heavy (non-hydrogen) atoms.